The molecule has 0 saturated heterocycles. The Morgan fingerprint density at radius 2 is 2.00 bits per heavy atom. The Morgan fingerprint density at radius 1 is 1.25 bits per heavy atom. The summed E-state index contributed by atoms with van der Waals surface area (Å²) in [5.74, 6) is 0.988. The molecule has 0 atom stereocenters. The summed E-state index contributed by atoms with van der Waals surface area (Å²) < 4.78 is 6.28. The number of rotatable bonds is 3. The second-order valence-electron chi connectivity index (χ2n) is 3.78. The van der Waals surface area contributed by atoms with Gasteiger partial charge in [-0.25, -0.2) is 0 Å². The van der Waals surface area contributed by atoms with Gasteiger partial charge in [-0.05, 0) is 46.3 Å². The van der Waals surface area contributed by atoms with Crippen LogP contribution in [0, 0.1) is 0 Å². The Balaban J connectivity index is 2.31. The van der Waals surface area contributed by atoms with E-state index < -0.39 is 0 Å². The van der Waals surface area contributed by atoms with Crippen LogP contribution in [0.15, 0.2) is 46.0 Å². The number of oxime groups is 1. The minimum Gasteiger partial charge on any atom is -0.456 e. The monoisotopic (exact) mass is 374 g/mol. The Kier molecular flexibility index (Phi) is 4.75. The van der Waals surface area contributed by atoms with Gasteiger partial charge in [-0.15, -0.1) is 0 Å². The van der Waals surface area contributed by atoms with E-state index in [4.69, 9.17) is 38.9 Å². The van der Waals surface area contributed by atoms with Gasteiger partial charge in [-0.2, -0.15) is 0 Å². The molecule has 20 heavy (non-hydrogen) atoms. The van der Waals surface area contributed by atoms with Crippen LogP contribution in [0.4, 0.5) is 0 Å². The third-order valence-corrected chi connectivity index (χ3v) is 3.93. The van der Waals surface area contributed by atoms with E-state index in [0.29, 0.717) is 31.6 Å². The second-order valence-corrected chi connectivity index (χ2v) is 5.42. The van der Waals surface area contributed by atoms with Crippen LogP contribution in [0.5, 0.6) is 11.5 Å². The number of ether oxygens (including phenoxy) is 1. The van der Waals surface area contributed by atoms with Crippen LogP contribution in [-0.4, -0.2) is 11.0 Å². The number of nitrogens with zero attached hydrogens (tertiary/aromatic N) is 1. The van der Waals surface area contributed by atoms with Crippen LogP contribution in [0.1, 0.15) is 5.56 Å². The highest BCUT2D eigenvalue weighted by Gasteiger charge is 2.10. The van der Waals surface area contributed by atoms with Crippen molar-refractivity contribution in [1.29, 1.82) is 0 Å². The largest absolute Gasteiger partial charge is 0.456 e. The van der Waals surface area contributed by atoms with Gasteiger partial charge in [0.2, 0.25) is 0 Å². The standard InChI is InChI=1S/C13H9BrCl2N2O2/c14-9-6-7(4-5-8(9)13(17)18-19)20-11-3-1-2-10(15)12(11)16/h1-6,19H,(H2,17,18). The van der Waals surface area contributed by atoms with E-state index in [-0.39, 0.29) is 5.84 Å². The van der Waals surface area contributed by atoms with Gasteiger partial charge in [0.15, 0.2) is 5.84 Å². The second kappa shape index (κ2) is 6.35. The molecule has 0 aliphatic heterocycles. The number of benzene rings is 2. The number of hydrogen-bond donors (Lipinski definition) is 2. The zero-order chi connectivity index (χ0) is 14.7. The van der Waals surface area contributed by atoms with Gasteiger partial charge >= 0.3 is 0 Å². The normalized spacial score (nSPS) is 11.4. The molecule has 0 spiro atoms. The van der Waals surface area contributed by atoms with Crippen molar-refractivity contribution in [2.75, 3.05) is 0 Å². The lowest BCUT2D eigenvalue weighted by Gasteiger charge is -2.10. The summed E-state index contributed by atoms with van der Waals surface area (Å²) in [7, 11) is 0. The predicted octanol–water partition coefficient (Wildman–Crippen LogP) is 4.64. The van der Waals surface area contributed by atoms with Gasteiger partial charge in [-0.3, -0.25) is 0 Å². The quantitative estimate of drug-likeness (QED) is 0.355. The van der Waals surface area contributed by atoms with Crippen molar-refractivity contribution < 1.29 is 9.94 Å². The molecule has 0 heterocycles. The zero-order valence-corrected chi connectivity index (χ0v) is 13.1. The number of hydrogen-bond acceptors (Lipinski definition) is 3. The van der Waals surface area contributed by atoms with Crippen molar-refractivity contribution in [3.8, 4) is 11.5 Å². The van der Waals surface area contributed by atoms with E-state index in [1.54, 1.807) is 36.4 Å². The van der Waals surface area contributed by atoms with E-state index in [9.17, 15) is 0 Å². The maximum absolute atomic E-state index is 8.66. The maximum Gasteiger partial charge on any atom is 0.171 e. The molecule has 4 nitrogen and oxygen atoms in total. The summed E-state index contributed by atoms with van der Waals surface area (Å²) >= 11 is 15.3. The van der Waals surface area contributed by atoms with Gasteiger partial charge in [0, 0.05) is 10.0 Å². The molecule has 0 saturated carbocycles. The zero-order valence-electron chi connectivity index (χ0n) is 9.98. The summed E-state index contributed by atoms with van der Waals surface area (Å²) in [5, 5.41) is 12.4. The van der Waals surface area contributed by atoms with E-state index in [0.717, 1.165) is 0 Å². The number of amidine groups is 1. The molecule has 0 aliphatic carbocycles. The third kappa shape index (κ3) is 3.17. The first-order valence-electron chi connectivity index (χ1n) is 5.42. The van der Waals surface area contributed by atoms with Crippen LogP contribution < -0.4 is 10.5 Å². The van der Waals surface area contributed by atoms with Crippen molar-refractivity contribution in [3.05, 3.63) is 56.5 Å². The average Bonchev–Trinajstić information content (AvgIpc) is 2.43. The molecule has 2 rings (SSSR count). The van der Waals surface area contributed by atoms with E-state index >= 15 is 0 Å². The molecular weight excluding hydrogens is 367 g/mol. The lowest BCUT2D eigenvalue weighted by Crippen LogP contribution is -2.13. The summed E-state index contributed by atoms with van der Waals surface area (Å²) in [5.41, 5.74) is 6.09. The predicted molar refractivity (Wildman–Crippen MR) is 83.2 cm³/mol. The van der Waals surface area contributed by atoms with Crippen LogP contribution >= 0.6 is 39.1 Å². The van der Waals surface area contributed by atoms with Crippen molar-refractivity contribution in [2.24, 2.45) is 10.9 Å². The fourth-order valence-corrected chi connectivity index (χ4v) is 2.40. The first kappa shape index (κ1) is 15.0. The van der Waals surface area contributed by atoms with Crippen molar-refractivity contribution in [1.82, 2.24) is 0 Å². The molecule has 0 unspecified atom stereocenters. The molecule has 0 radical (unpaired) electrons. The molecule has 0 amide bonds. The summed E-state index contributed by atoms with van der Waals surface area (Å²) in [6.45, 7) is 0. The van der Waals surface area contributed by atoms with Crippen LogP contribution in [0.3, 0.4) is 0 Å². The minimum absolute atomic E-state index is 0.00390. The molecular formula is C13H9BrCl2N2O2. The molecule has 7 heteroatoms. The first-order chi connectivity index (χ1) is 9.52. The van der Waals surface area contributed by atoms with Gasteiger partial charge in [0.05, 0.1) is 5.02 Å². The molecule has 0 aromatic heterocycles. The minimum atomic E-state index is 0.00390. The Hall–Kier alpha value is -1.43. The fourth-order valence-electron chi connectivity index (χ4n) is 1.51. The van der Waals surface area contributed by atoms with E-state index in [2.05, 4.69) is 21.1 Å². The summed E-state index contributed by atoms with van der Waals surface area (Å²) in [6.07, 6.45) is 0. The highest BCUT2D eigenvalue weighted by atomic mass is 79.9. The Labute approximate surface area is 133 Å². The molecule has 104 valence electrons. The molecule has 2 aromatic carbocycles. The number of nitrogens with two attached hydrogens (primary N) is 1. The fraction of sp³-hybridized carbons (Fsp3) is 0. The van der Waals surface area contributed by atoms with Crippen LogP contribution in [0.2, 0.25) is 10.0 Å². The van der Waals surface area contributed by atoms with Gasteiger partial charge in [0.25, 0.3) is 0 Å². The van der Waals surface area contributed by atoms with Crippen molar-refractivity contribution >= 4 is 45.0 Å². The lowest BCUT2D eigenvalue weighted by atomic mass is 10.2. The molecule has 0 aliphatic rings. The van der Waals surface area contributed by atoms with E-state index in [1.807, 2.05) is 0 Å². The summed E-state index contributed by atoms with van der Waals surface area (Å²) in [4.78, 5) is 0. The average molecular weight is 376 g/mol. The number of halogens is 3. The van der Waals surface area contributed by atoms with Gasteiger partial charge < -0.3 is 15.7 Å². The SMILES string of the molecule is N/C(=N/O)c1ccc(Oc2cccc(Cl)c2Cl)cc1Br. The summed E-state index contributed by atoms with van der Waals surface area (Å²) in [6, 6.07) is 10.1. The smallest absolute Gasteiger partial charge is 0.171 e. The molecule has 0 bridgehead atoms. The highest BCUT2D eigenvalue weighted by molar-refractivity contribution is 9.10. The highest BCUT2D eigenvalue weighted by Crippen LogP contribution is 2.35. The first-order valence-corrected chi connectivity index (χ1v) is 6.97. The maximum atomic E-state index is 8.66. The Morgan fingerprint density at radius 3 is 2.65 bits per heavy atom. The third-order valence-electron chi connectivity index (χ3n) is 2.47. The Bertz CT molecular complexity index is 677. The molecule has 2 aromatic rings. The van der Waals surface area contributed by atoms with Crippen LogP contribution in [-0.2, 0) is 0 Å². The van der Waals surface area contributed by atoms with Crippen molar-refractivity contribution in [3.63, 3.8) is 0 Å². The van der Waals surface area contributed by atoms with Gasteiger partial charge in [0.1, 0.15) is 16.5 Å². The lowest BCUT2D eigenvalue weighted by molar-refractivity contribution is 0.318. The molecule has 3 N–H and O–H groups in total. The molecule has 0 fully saturated rings. The topological polar surface area (TPSA) is 67.8 Å². The van der Waals surface area contributed by atoms with E-state index in [1.165, 1.54) is 0 Å². The van der Waals surface area contributed by atoms with Gasteiger partial charge in [-0.1, -0.05) is 34.4 Å². The van der Waals surface area contributed by atoms with Crippen molar-refractivity contribution in [2.45, 2.75) is 0 Å². The van der Waals surface area contributed by atoms with Crippen LogP contribution in [0.25, 0.3) is 0 Å².